The summed E-state index contributed by atoms with van der Waals surface area (Å²) in [6.45, 7) is 20.0. The highest BCUT2D eigenvalue weighted by atomic mass is 32.2. The molecule has 0 saturated carbocycles. The molecule has 7 aromatic carbocycles. The molecule has 0 bridgehead atoms. The number of thioether (sulfide) groups is 1. The Morgan fingerprint density at radius 2 is 0.991 bits per heavy atom. The molecule has 7 aromatic rings. The van der Waals surface area contributed by atoms with E-state index in [2.05, 4.69) is 38.8 Å². The minimum Gasteiger partial charge on any atom is -0.496 e. The number of aryl methyl sites for hydroxylation is 1. The van der Waals surface area contributed by atoms with Gasteiger partial charge in [0.05, 0.1) is 90.7 Å². The van der Waals surface area contributed by atoms with Gasteiger partial charge in [0, 0.05) is 40.5 Å². The van der Waals surface area contributed by atoms with Gasteiger partial charge in [0.2, 0.25) is 57.0 Å². The summed E-state index contributed by atoms with van der Waals surface area (Å²) >= 11 is 1.71. The normalized spacial score (nSPS) is 13.2. The van der Waals surface area contributed by atoms with Crippen molar-refractivity contribution in [2.75, 3.05) is 96.9 Å². The molecule has 12 rings (SSSR count). The van der Waals surface area contributed by atoms with Crippen LogP contribution in [-0.2, 0) is 62.6 Å². The molecule has 5 aliphatic rings. The van der Waals surface area contributed by atoms with Crippen molar-refractivity contribution in [2.24, 2.45) is 0 Å². The Hall–Kier alpha value is -10.9. The third kappa shape index (κ3) is 23.1. The second kappa shape index (κ2) is 44.8. The van der Waals surface area contributed by atoms with E-state index in [1.807, 2.05) is 103 Å². The number of fused-ring (bicyclic) bond motifs is 5. The van der Waals surface area contributed by atoms with Crippen molar-refractivity contribution >= 4 is 30.0 Å². The zero-order valence-corrected chi connectivity index (χ0v) is 66.9. The topological polar surface area (TPSA) is 259 Å². The van der Waals surface area contributed by atoms with Crippen LogP contribution in [0, 0.1) is 0 Å². The minimum atomic E-state index is -0.953. The largest absolute Gasteiger partial charge is 0.508 e. The number of ether oxygens (including phenoxy) is 20. The average molecular weight is 1570 g/mol. The highest BCUT2D eigenvalue weighted by molar-refractivity contribution is 7.98. The fourth-order valence-electron chi connectivity index (χ4n) is 12.8. The second-order valence-corrected chi connectivity index (χ2v) is 26.7. The fourth-order valence-corrected chi connectivity index (χ4v) is 13.9. The standard InChI is InChI=1S/C20H22O5.C20H30O4.C18H18O3S.C15H18O6.C14H18O6/c1-20(21,15-9-5-4-6-10-15)11-7-8-14-12-16-18(25-13-24-16)19(23-3)17(14)22-2;1-4-6-7-8-9-10-12-16(21)18-19(22-3)15(11-5-2)13-17-20(18)24-14-23-17;1-3-7-14-10-15-17(21-12-20-15)18(16(14)19-2)22-11-13-8-5-4-6-9-13;1-4-6-10-7-12-14(21-9-20-12)11(13(10)17-3)8-19-15(16)18-5-2;1-9(15)18-6-4-5-10-7-11-13(20-8-19-11)14(17-3)12(10)16-2/h4-10,12,21H,11,13H2,1-3H3;5,13,16,21H,2,4,6-12,14H2,1,3H3;3-6,8-10H,1,7,11-12H2,2H3;4,7H,1,5-6,8-9H2,2-3H3;7H,4-6,8H2,1-3H3/b8-7+;;;;. The van der Waals surface area contributed by atoms with Crippen molar-refractivity contribution in [1.82, 2.24) is 0 Å². The first kappa shape index (κ1) is 86.7. The van der Waals surface area contributed by atoms with E-state index < -0.39 is 17.9 Å². The number of aliphatic hydroxyl groups is 2. The van der Waals surface area contributed by atoms with Crippen LogP contribution in [0.4, 0.5) is 4.79 Å². The highest BCUT2D eigenvalue weighted by Crippen LogP contribution is 2.53. The van der Waals surface area contributed by atoms with Crippen LogP contribution >= 0.6 is 11.8 Å². The van der Waals surface area contributed by atoms with Gasteiger partial charge in [-0.2, -0.15) is 0 Å². The molecular formula is C87H106O24S. The Bertz CT molecular complexity index is 4250. The van der Waals surface area contributed by atoms with Crippen molar-refractivity contribution in [3.05, 3.63) is 185 Å². The van der Waals surface area contributed by atoms with E-state index in [-0.39, 0.29) is 53.1 Å². The number of rotatable bonds is 35. The minimum absolute atomic E-state index is 0.0152. The van der Waals surface area contributed by atoms with Crippen LogP contribution in [0.3, 0.4) is 0 Å². The van der Waals surface area contributed by atoms with E-state index in [1.54, 1.807) is 81.5 Å². The van der Waals surface area contributed by atoms with E-state index in [0.29, 0.717) is 131 Å². The Morgan fingerprint density at radius 3 is 1.54 bits per heavy atom. The van der Waals surface area contributed by atoms with E-state index in [1.165, 1.54) is 38.2 Å². The van der Waals surface area contributed by atoms with Crippen molar-refractivity contribution < 1.29 is 115 Å². The van der Waals surface area contributed by atoms with Gasteiger partial charge in [-0.3, -0.25) is 4.79 Å². The van der Waals surface area contributed by atoms with Crippen LogP contribution in [0.25, 0.3) is 6.08 Å². The lowest BCUT2D eigenvalue weighted by molar-refractivity contribution is -0.141. The SMILES string of the molecule is C=CCc1cc2c(c(C(O)CCCCCCCC)c1OC)OCO2.C=CCc1cc2c(c(COC(=O)OCC)c1OC)OCO2.C=CCc1cc2c(c(SCc3ccccc3)c1OC)OCO2.COc1c(/C=C/CC(C)(O)c2ccccc2)cc2c(c1OC)OCO2.COc1c(CCCOC(C)=O)cc2c(c1OC)OCO2. The number of aliphatic hydroxyl groups excluding tert-OH is 1. The van der Waals surface area contributed by atoms with Crippen molar-refractivity contribution in [1.29, 1.82) is 0 Å². The van der Waals surface area contributed by atoms with E-state index in [9.17, 15) is 19.8 Å². The van der Waals surface area contributed by atoms with Crippen LogP contribution in [-0.4, -0.2) is 119 Å². The van der Waals surface area contributed by atoms with E-state index in [0.717, 1.165) is 86.1 Å². The predicted octanol–water partition coefficient (Wildman–Crippen LogP) is 17.9. The molecule has 5 heterocycles. The lowest BCUT2D eigenvalue weighted by Gasteiger charge is -2.22. The number of benzene rings is 7. The number of methoxy groups -OCH3 is 7. The zero-order valence-electron chi connectivity index (χ0n) is 66.1. The van der Waals surface area contributed by atoms with Crippen molar-refractivity contribution in [2.45, 2.75) is 140 Å². The number of carbonyl (C=O) groups excluding carboxylic acids is 2. The number of carbonyl (C=O) groups is 2. The van der Waals surface area contributed by atoms with Gasteiger partial charge in [0.1, 0.15) is 23.9 Å². The summed E-state index contributed by atoms with van der Waals surface area (Å²) in [5, 5.41) is 21.4. The van der Waals surface area contributed by atoms with Gasteiger partial charge < -0.3 is 105 Å². The molecule has 5 aliphatic heterocycles. The van der Waals surface area contributed by atoms with Gasteiger partial charge in [-0.25, -0.2) is 4.79 Å². The maximum atomic E-state index is 11.4. The van der Waals surface area contributed by atoms with Crippen LogP contribution in [0.15, 0.2) is 140 Å². The number of allylic oxidation sites excluding steroid dienone is 3. The van der Waals surface area contributed by atoms with Gasteiger partial charge >= 0.3 is 12.1 Å². The summed E-state index contributed by atoms with van der Waals surface area (Å²) in [5.74, 6) is 11.3. The molecule has 0 saturated heterocycles. The molecule has 0 aliphatic carbocycles. The molecule has 112 heavy (non-hydrogen) atoms. The molecule has 0 radical (unpaired) electrons. The van der Waals surface area contributed by atoms with Gasteiger partial charge in [-0.15, -0.1) is 31.5 Å². The van der Waals surface area contributed by atoms with Gasteiger partial charge in [-0.1, -0.05) is 136 Å². The van der Waals surface area contributed by atoms with Gasteiger partial charge in [0.15, 0.2) is 57.5 Å². The molecule has 604 valence electrons. The Balaban J connectivity index is 0.000000176. The summed E-state index contributed by atoms with van der Waals surface area (Å²) in [4.78, 5) is 23.1. The molecule has 0 amide bonds. The Labute approximate surface area is 661 Å². The van der Waals surface area contributed by atoms with Crippen molar-refractivity contribution in [3.8, 4) is 97.7 Å². The maximum Gasteiger partial charge on any atom is 0.508 e. The molecule has 24 nitrogen and oxygen atoms in total. The summed E-state index contributed by atoms with van der Waals surface area (Å²) in [6, 6.07) is 29.4. The molecule has 2 unspecified atom stereocenters. The highest BCUT2D eigenvalue weighted by Gasteiger charge is 2.32. The maximum absolute atomic E-state index is 11.4. The van der Waals surface area contributed by atoms with Crippen LogP contribution in [0.1, 0.15) is 142 Å². The van der Waals surface area contributed by atoms with Gasteiger partial charge in [-0.05, 0) is 100 Å². The summed E-state index contributed by atoms with van der Waals surface area (Å²) in [6.07, 6.45) is 19.6. The third-order valence-corrected chi connectivity index (χ3v) is 19.2. The molecule has 25 heteroatoms. The Morgan fingerprint density at radius 1 is 0.518 bits per heavy atom. The average Bonchev–Trinajstić information content (AvgIpc) is 1.55. The first-order valence-corrected chi connectivity index (χ1v) is 38.1. The zero-order chi connectivity index (χ0) is 80.4. The molecule has 0 fully saturated rings. The smallest absolute Gasteiger partial charge is 0.496 e. The molecule has 2 atom stereocenters. The van der Waals surface area contributed by atoms with Crippen molar-refractivity contribution in [3.63, 3.8) is 0 Å². The van der Waals surface area contributed by atoms with Crippen LogP contribution < -0.4 is 80.5 Å². The second-order valence-electron chi connectivity index (χ2n) is 25.7. The van der Waals surface area contributed by atoms with Gasteiger partial charge in [0.25, 0.3) is 0 Å². The van der Waals surface area contributed by atoms with E-state index >= 15 is 0 Å². The number of esters is 1. The van der Waals surface area contributed by atoms with E-state index in [4.69, 9.17) is 94.7 Å². The molecule has 0 aromatic heterocycles. The third-order valence-electron chi connectivity index (χ3n) is 18.0. The molecular weight excluding hydrogens is 1460 g/mol. The lowest BCUT2D eigenvalue weighted by Crippen LogP contribution is -2.19. The van der Waals surface area contributed by atoms with Crippen LogP contribution in [0.5, 0.6) is 97.7 Å². The first-order chi connectivity index (χ1) is 54.5. The first-order valence-electron chi connectivity index (χ1n) is 37.1. The summed E-state index contributed by atoms with van der Waals surface area (Å²) in [5.41, 5.74) is 7.17. The summed E-state index contributed by atoms with van der Waals surface area (Å²) in [7, 11) is 11.2. The predicted molar refractivity (Wildman–Crippen MR) is 426 cm³/mol. The Kier molecular flexibility index (Phi) is 34.7. The number of unbranched alkanes of at least 4 members (excludes halogenated alkanes) is 5. The van der Waals surface area contributed by atoms with Crippen LogP contribution in [0.2, 0.25) is 0 Å². The monoisotopic (exact) mass is 1570 g/mol. The number of hydrogen-bond donors (Lipinski definition) is 2. The quantitative estimate of drug-likeness (QED) is 0.0162. The number of hydrogen-bond acceptors (Lipinski definition) is 25. The molecule has 0 spiro atoms. The summed E-state index contributed by atoms with van der Waals surface area (Å²) < 4.78 is 108. The molecule has 2 N–H and O–H groups in total. The lowest BCUT2D eigenvalue weighted by atomic mass is 9.92. The fraction of sp³-hybridized carbons (Fsp3) is 0.402.